The van der Waals surface area contributed by atoms with Gasteiger partial charge in [-0.3, -0.25) is 9.35 Å². The van der Waals surface area contributed by atoms with Crippen molar-refractivity contribution in [3.8, 4) is 0 Å². The number of unbranched alkanes of at least 4 members (excludes halogenated alkanes) is 1. The zero-order valence-electron chi connectivity index (χ0n) is 15.3. The lowest BCUT2D eigenvalue weighted by Crippen LogP contribution is -2.62. The minimum absolute atomic E-state index is 0.160. The highest BCUT2D eigenvalue weighted by Gasteiger charge is 2.68. The van der Waals surface area contributed by atoms with Crippen molar-refractivity contribution in [1.29, 1.82) is 0 Å². The minimum atomic E-state index is -6.65. The molecule has 1 amide bonds. The maximum Gasteiger partial charge on any atom is 0.466 e. The van der Waals surface area contributed by atoms with Crippen LogP contribution in [0.1, 0.15) is 26.2 Å². The predicted octanol–water partition coefficient (Wildman–Crippen LogP) is 2.41. The van der Waals surface area contributed by atoms with Crippen LogP contribution in [0.4, 0.5) is 30.7 Å². The van der Waals surface area contributed by atoms with E-state index in [9.17, 15) is 48.7 Å². The Labute approximate surface area is 166 Å². The maximum absolute atomic E-state index is 13.5. The molecule has 16 heteroatoms. The van der Waals surface area contributed by atoms with E-state index in [1.165, 1.54) is 0 Å². The number of amides is 1. The molecule has 0 aromatic carbocycles. The van der Waals surface area contributed by atoms with Crippen LogP contribution in [0.2, 0.25) is 0 Å². The molecule has 0 spiro atoms. The molecule has 0 heterocycles. The van der Waals surface area contributed by atoms with Crippen molar-refractivity contribution in [3.63, 3.8) is 0 Å². The van der Waals surface area contributed by atoms with E-state index in [1.807, 2.05) is 0 Å². The zero-order chi connectivity index (χ0) is 24.0. The normalized spacial score (nSPS) is 15.2. The van der Waals surface area contributed by atoms with Crippen molar-refractivity contribution in [2.24, 2.45) is 0 Å². The number of rotatable bonds is 12. The minimum Gasteiger partial charge on any atom is -0.412 e. The molecule has 1 unspecified atom stereocenters. The fourth-order valence-electron chi connectivity index (χ4n) is 1.75. The lowest BCUT2D eigenvalue weighted by atomic mass is 10.2. The number of carbonyl (C=O) groups is 2. The number of ether oxygens (including phenoxy) is 2. The number of hydrogen-bond donors (Lipinski definition) is 2. The first-order valence-corrected chi connectivity index (χ1v) is 9.40. The van der Waals surface area contributed by atoms with Gasteiger partial charge in [-0.05, 0) is 6.42 Å². The van der Waals surface area contributed by atoms with E-state index < -0.39 is 58.2 Å². The third kappa shape index (κ3) is 6.28. The van der Waals surface area contributed by atoms with E-state index in [4.69, 9.17) is 4.55 Å². The highest BCUT2D eigenvalue weighted by Crippen LogP contribution is 2.42. The van der Waals surface area contributed by atoms with Crippen LogP contribution in [0.3, 0.4) is 0 Å². The van der Waals surface area contributed by atoms with Crippen molar-refractivity contribution >= 4 is 22.0 Å². The van der Waals surface area contributed by atoms with E-state index in [2.05, 4.69) is 16.1 Å². The standard InChI is InChI=1S/C14H18F7NO7S/c1-3-5-7-22-10(24)12(13(17,18)19,29-9(23)4-2)28-8-6-11(15,16)14(20,21)30(25,26)27/h4H,2-3,5-8H2,1H3,(H,22,24)(H,25,26,27). The monoisotopic (exact) mass is 477 g/mol. The second-order valence-electron chi connectivity index (χ2n) is 5.64. The summed E-state index contributed by atoms with van der Waals surface area (Å²) in [6.07, 6.45) is -7.53. The Balaban J connectivity index is 5.85. The third-order valence-corrected chi connectivity index (χ3v) is 4.32. The average Bonchev–Trinajstić information content (AvgIpc) is 2.58. The summed E-state index contributed by atoms with van der Waals surface area (Å²) < 4.78 is 131. The highest BCUT2D eigenvalue weighted by molar-refractivity contribution is 7.87. The zero-order valence-corrected chi connectivity index (χ0v) is 16.1. The molecule has 0 saturated heterocycles. The van der Waals surface area contributed by atoms with E-state index in [0.29, 0.717) is 6.42 Å². The van der Waals surface area contributed by atoms with Crippen LogP contribution in [0.5, 0.6) is 0 Å². The topological polar surface area (TPSA) is 119 Å². The molecule has 30 heavy (non-hydrogen) atoms. The molecule has 0 radical (unpaired) electrons. The maximum atomic E-state index is 13.5. The van der Waals surface area contributed by atoms with Crippen LogP contribution in [0, 0.1) is 0 Å². The van der Waals surface area contributed by atoms with Gasteiger partial charge in [0.1, 0.15) is 0 Å². The summed E-state index contributed by atoms with van der Waals surface area (Å²) in [6, 6.07) is 0. The quantitative estimate of drug-likeness (QED) is 0.111. The van der Waals surface area contributed by atoms with Crippen molar-refractivity contribution in [2.45, 2.75) is 49.3 Å². The summed E-state index contributed by atoms with van der Waals surface area (Å²) in [5.41, 5.74) is 0. The van der Waals surface area contributed by atoms with Crippen LogP contribution in [0.25, 0.3) is 0 Å². The number of nitrogens with one attached hydrogen (secondary N) is 1. The largest absolute Gasteiger partial charge is 0.466 e. The lowest BCUT2D eigenvalue weighted by Gasteiger charge is -2.33. The number of halogens is 7. The molecule has 0 aromatic rings. The molecule has 0 aromatic heterocycles. The number of esters is 1. The Morgan fingerprint density at radius 3 is 2.07 bits per heavy atom. The van der Waals surface area contributed by atoms with Crippen molar-refractivity contribution < 1.29 is 62.8 Å². The summed E-state index contributed by atoms with van der Waals surface area (Å²) in [5, 5.41) is -4.38. The van der Waals surface area contributed by atoms with Gasteiger partial charge in [0.25, 0.3) is 0 Å². The van der Waals surface area contributed by atoms with Gasteiger partial charge in [0.15, 0.2) is 0 Å². The Morgan fingerprint density at radius 2 is 1.67 bits per heavy atom. The second kappa shape index (κ2) is 9.91. The smallest absolute Gasteiger partial charge is 0.412 e. The summed E-state index contributed by atoms with van der Waals surface area (Å²) in [7, 11) is -6.65. The van der Waals surface area contributed by atoms with Crippen LogP contribution in [-0.2, 0) is 29.2 Å². The van der Waals surface area contributed by atoms with Gasteiger partial charge < -0.3 is 14.8 Å². The summed E-state index contributed by atoms with van der Waals surface area (Å²) in [4.78, 5) is 23.3. The van der Waals surface area contributed by atoms with E-state index in [1.54, 1.807) is 12.2 Å². The first-order chi connectivity index (χ1) is 13.4. The molecule has 0 saturated carbocycles. The van der Waals surface area contributed by atoms with Gasteiger partial charge in [0, 0.05) is 19.0 Å². The molecule has 2 N–H and O–H groups in total. The number of hydrogen-bond acceptors (Lipinski definition) is 6. The van der Waals surface area contributed by atoms with Crippen molar-refractivity contribution in [1.82, 2.24) is 5.32 Å². The molecular formula is C14H18F7NO7S. The van der Waals surface area contributed by atoms with Crippen molar-refractivity contribution in [2.75, 3.05) is 13.2 Å². The molecule has 0 bridgehead atoms. The van der Waals surface area contributed by atoms with Gasteiger partial charge >= 0.3 is 45.1 Å². The van der Waals surface area contributed by atoms with E-state index >= 15 is 0 Å². The molecule has 0 aliphatic rings. The van der Waals surface area contributed by atoms with Crippen LogP contribution in [0.15, 0.2) is 12.7 Å². The summed E-state index contributed by atoms with van der Waals surface area (Å²) in [6.45, 7) is 1.99. The second-order valence-corrected chi connectivity index (χ2v) is 7.11. The molecule has 1 atom stereocenters. The molecule has 176 valence electrons. The van der Waals surface area contributed by atoms with Gasteiger partial charge in [-0.1, -0.05) is 19.9 Å². The molecule has 0 rings (SSSR count). The van der Waals surface area contributed by atoms with E-state index in [0.717, 1.165) is 0 Å². The Bertz CT molecular complexity index is 739. The number of alkyl halides is 7. The van der Waals surface area contributed by atoms with Gasteiger partial charge in [0.05, 0.1) is 6.61 Å². The molecule has 0 aliphatic carbocycles. The fraction of sp³-hybridized carbons (Fsp3) is 0.714. The van der Waals surface area contributed by atoms with E-state index in [-0.39, 0.29) is 19.0 Å². The van der Waals surface area contributed by atoms with Gasteiger partial charge in [-0.15, -0.1) is 0 Å². The Morgan fingerprint density at radius 1 is 1.13 bits per heavy atom. The molecular weight excluding hydrogens is 459 g/mol. The number of carbonyl (C=O) groups excluding carboxylic acids is 2. The Kier molecular flexibility index (Phi) is 9.27. The van der Waals surface area contributed by atoms with Gasteiger partial charge in [-0.25, -0.2) is 4.79 Å². The summed E-state index contributed by atoms with van der Waals surface area (Å²) in [5.74, 6) is -14.1. The first-order valence-electron chi connectivity index (χ1n) is 7.96. The first kappa shape index (κ1) is 28.1. The Hall–Kier alpha value is -1.94. The molecule has 0 fully saturated rings. The third-order valence-electron chi connectivity index (χ3n) is 3.37. The fourth-order valence-corrected chi connectivity index (χ4v) is 2.22. The SMILES string of the molecule is C=CC(=O)OC(OCCC(F)(F)C(F)(F)S(=O)(=O)O)(C(=O)NCCCC)C(F)(F)F. The molecule has 8 nitrogen and oxygen atoms in total. The average molecular weight is 477 g/mol. The lowest BCUT2D eigenvalue weighted by molar-refractivity contribution is -0.349. The van der Waals surface area contributed by atoms with Crippen LogP contribution >= 0.6 is 0 Å². The highest BCUT2D eigenvalue weighted by atomic mass is 32.2. The van der Waals surface area contributed by atoms with Gasteiger partial charge in [0.2, 0.25) is 0 Å². The van der Waals surface area contributed by atoms with Gasteiger partial charge in [-0.2, -0.15) is 39.2 Å². The van der Waals surface area contributed by atoms with Crippen molar-refractivity contribution in [3.05, 3.63) is 12.7 Å². The predicted molar refractivity (Wildman–Crippen MR) is 85.0 cm³/mol. The summed E-state index contributed by atoms with van der Waals surface area (Å²) >= 11 is 0. The van der Waals surface area contributed by atoms with Crippen LogP contribution < -0.4 is 5.32 Å². The van der Waals surface area contributed by atoms with Crippen LogP contribution in [-0.4, -0.2) is 61.1 Å². The molecule has 0 aliphatic heterocycles.